The number of alkyl carbamates (subject to hydrolysis) is 1. The first-order valence-corrected chi connectivity index (χ1v) is 13.5. The van der Waals surface area contributed by atoms with Gasteiger partial charge in [0.2, 0.25) is 0 Å². The maximum atomic E-state index is 13.2. The first-order valence-electron chi connectivity index (χ1n) is 13.5. The number of benzene rings is 1. The molecule has 1 fully saturated rings. The number of carbonyl (C=O) groups excluding carboxylic acids is 2. The molecule has 39 heavy (non-hydrogen) atoms. The molecule has 0 radical (unpaired) electrons. The Labute approximate surface area is 230 Å². The zero-order valence-corrected chi connectivity index (χ0v) is 24.1. The molecule has 2 aromatic rings. The predicted octanol–water partition coefficient (Wildman–Crippen LogP) is 4.59. The molecular formula is C30H41N5O4. The standard InChI is InChI=1S/C30H41N5O4/c1-17-12-18(2)33-28(37)26(17)16-32-27(36)25-14-21(15-31)13-24(19(25)3)20(4)34-22-8-10-23(11-9-22)35-29(38)39-30(5,6)7/h12-14,20,22-23,34H,8-11,16H2,1-7H3,(H,32,36)(H,33,37)(H,35,38). The van der Waals surface area contributed by atoms with E-state index in [-0.39, 0.29) is 42.2 Å². The van der Waals surface area contributed by atoms with Crippen LogP contribution in [0.2, 0.25) is 0 Å². The van der Waals surface area contributed by atoms with Crippen molar-refractivity contribution in [3.8, 4) is 6.07 Å². The summed E-state index contributed by atoms with van der Waals surface area (Å²) in [4.78, 5) is 40.4. The van der Waals surface area contributed by atoms with E-state index in [0.29, 0.717) is 16.7 Å². The summed E-state index contributed by atoms with van der Waals surface area (Å²) in [6.07, 6.45) is 3.07. The lowest BCUT2D eigenvalue weighted by Gasteiger charge is -2.32. The van der Waals surface area contributed by atoms with Crippen LogP contribution in [-0.4, -0.2) is 34.7 Å². The van der Waals surface area contributed by atoms with Crippen LogP contribution in [0.1, 0.15) is 103 Å². The highest BCUT2D eigenvalue weighted by Crippen LogP contribution is 2.27. The fraction of sp³-hybridized carbons (Fsp3) is 0.533. The van der Waals surface area contributed by atoms with E-state index in [4.69, 9.17) is 4.74 Å². The SMILES string of the molecule is Cc1cc(C)c(CNC(=O)c2cc(C#N)cc(C(C)NC3CCC(NC(=O)OC(C)(C)C)CC3)c2C)c(=O)[nH]1. The van der Waals surface area contributed by atoms with Gasteiger partial charge in [0.05, 0.1) is 11.6 Å². The zero-order chi connectivity index (χ0) is 28.9. The molecule has 3 rings (SSSR count). The number of pyridine rings is 1. The Morgan fingerprint density at radius 3 is 2.33 bits per heavy atom. The maximum Gasteiger partial charge on any atom is 0.407 e. The molecule has 1 aromatic carbocycles. The van der Waals surface area contributed by atoms with Crippen molar-refractivity contribution in [3.05, 3.63) is 67.6 Å². The lowest BCUT2D eigenvalue weighted by Crippen LogP contribution is -2.44. The van der Waals surface area contributed by atoms with Crippen molar-refractivity contribution in [2.24, 2.45) is 0 Å². The summed E-state index contributed by atoms with van der Waals surface area (Å²) in [5.41, 5.74) is 3.85. The van der Waals surface area contributed by atoms with Crippen LogP contribution in [0, 0.1) is 32.1 Å². The van der Waals surface area contributed by atoms with E-state index < -0.39 is 5.60 Å². The summed E-state index contributed by atoms with van der Waals surface area (Å²) in [6, 6.07) is 7.70. The number of hydrogen-bond acceptors (Lipinski definition) is 6. The Balaban J connectivity index is 1.66. The number of carbonyl (C=O) groups is 2. The summed E-state index contributed by atoms with van der Waals surface area (Å²) in [7, 11) is 0. The minimum absolute atomic E-state index is 0.0801. The third-order valence-corrected chi connectivity index (χ3v) is 7.14. The molecular weight excluding hydrogens is 494 g/mol. The molecule has 1 heterocycles. The minimum atomic E-state index is -0.527. The van der Waals surface area contributed by atoms with Crippen LogP contribution >= 0.6 is 0 Å². The van der Waals surface area contributed by atoms with Gasteiger partial charge in [-0.05, 0) is 109 Å². The normalized spacial score (nSPS) is 18.1. The lowest BCUT2D eigenvalue weighted by atomic mass is 9.89. The van der Waals surface area contributed by atoms with Crippen molar-refractivity contribution in [3.63, 3.8) is 0 Å². The van der Waals surface area contributed by atoms with Crippen molar-refractivity contribution in [2.45, 2.75) is 104 Å². The number of nitriles is 1. The molecule has 1 aliphatic rings. The molecule has 1 atom stereocenters. The Bertz CT molecular complexity index is 1310. The van der Waals surface area contributed by atoms with Crippen molar-refractivity contribution >= 4 is 12.0 Å². The molecule has 9 nitrogen and oxygen atoms in total. The number of hydrogen-bond donors (Lipinski definition) is 4. The molecule has 1 saturated carbocycles. The maximum absolute atomic E-state index is 13.2. The lowest BCUT2D eigenvalue weighted by molar-refractivity contribution is 0.0489. The molecule has 0 aliphatic heterocycles. The van der Waals surface area contributed by atoms with Gasteiger partial charge in [-0.3, -0.25) is 9.59 Å². The minimum Gasteiger partial charge on any atom is -0.444 e. The first-order chi connectivity index (χ1) is 18.3. The van der Waals surface area contributed by atoms with Crippen LogP contribution in [0.4, 0.5) is 4.79 Å². The quantitative estimate of drug-likeness (QED) is 0.409. The third kappa shape index (κ3) is 8.17. The van der Waals surface area contributed by atoms with E-state index in [1.165, 1.54) is 0 Å². The molecule has 1 aliphatic carbocycles. The fourth-order valence-corrected chi connectivity index (χ4v) is 5.17. The summed E-state index contributed by atoms with van der Waals surface area (Å²) in [5, 5.41) is 19.1. The average molecular weight is 536 g/mol. The molecule has 0 bridgehead atoms. The van der Waals surface area contributed by atoms with E-state index in [9.17, 15) is 19.6 Å². The van der Waals surface area contributed by atoms with Gasteiger partial charge < -0.3 is 25.7 Å². The zero-order valence-electron chi connectivity index (χ0n) is 24.1. The molecule has 0 spiro atoms. The van der Waals surface area contributed by atoms with Crippen LogP contribution < -0.4 is 21.5 Å². The van der Waals surface area contributed by atoms with E-state index in [2.05, 4.69) is 27.0 Å². The Morgan fingerprint density at radius 1 is 1.10 bits per heavy atom. The average Bonchev–Trinajstić information content (AvgIpc) is 2.83. The number of ether oxygens (including phenoxy) is 1. The number of H-pyrrole nitrogens is 1. The summed E-state index contributed by atoms with van der Waals surface area (Å²) < 4.78 is 5.37. The second-order valence-electron chi connectivity index (χ2n) is 11.6. The van der Waals surface area contributed by atoms with Crippen LogP contribution in [0.5, 0.6) is 0 Å². The Morgan fingerprint density at radius 2 is 1.74 bits per heavy atom. The van der Waals surface area contributed by atoms with Gasteiger partial charge in [-0.15, -0.1) is 0 Å². The topological polar surface area (TPSA) is 136 Å². The van der Waals surface area contributed by atoms with Gasteiger partial charge >= 0.3 is 6.09 Å². The molecule has 4 N–H and O–H groups in total. The highest BCUT2D eigenvalue weighted by molar-refractivity contribution is 5.96. The highest BCUT2D eigenvalue weighted by Gasteiger charge is 2.26. The first kappa shape index (κ1) is 29.9. The smallest absolute Gasteiger partial charge is 0.407 e. The van der Waals surface area contributed by atoms with E-state index in [1.54, 1.807) is 6.07 Å². The van der Waals surface area contributed by atoms with E-state index in [1.807, 2.05) is 60.6 Å². The number of nitrogens with one attached hydrogen (secondary N) is 4. The second kappa shape index (κ2) is 12.5. The largest absolute Gasteiger partial charge is 0.444 e. The monoisotopic (exact) mass is 535 g/mol. The van der Waals surface area contributed by atoms with Crippen molar-refractivity contribution < 1.29 is 14.3 Å². The summed E-state index contributed by atoms with van der Waals surface area (Å²) in [6.45, 7) is 13.2. The number of amides is 2. The van der Waals surface area contributed by atoms with Crippen LogP contribution in [0.25, 0.3) is 0 Å². The van der Waals surface area contributed by atoms with Gasteiger partial charge in [-0.25, -0.2) is 4.79 Å². The molecule has 0 saturated heterocycles. The molecule has 1 aromatic heterocycles. The van der Waals surface area contributed by atoms with Crippen LogP contribution in [0.15, 0.2) is 23.0 Å². The Kier molecular flexibility index (Phi) is 9.57. The number of aromatic amines is 1. The molecule has 2 amide bonds. The predicted molar refractivity (Wildman–Crippen MR) is 151 cm³/mol. The molecule has 210 valence electrons. The van der Waals surface area contributed by atoms with Crippen molar-refractivity contribution in [1.29, 1.82) is 5.26 Å². The summed E-state index contributed by atoms with van der Waals surface area (Å²) in [5.74, 6) is -0.328. The van der Waals surface area contributed by atoms with Gasteiger partial charge in [-0.2, -0.15) is 5.26 Å². The van der Waals surface area contributed by atoms with Crippen LogP contribution in [0.3, 0.4) is 0 Å². The van der Waals surface area contributed by atoms with Gasteiger partial charge in [-0.1, -0.05) is 0 Å². The van der Waals surface area contributed by atoms with Crippen molar-refractivity contribution in [1.82, 2.24) is 20.9 Å². The molecule has 1 unspecified atom stereocenters. The number of rotatable bonds is 7. The van der Waals surface area contributed by atoms with E-state index in [0.717, 1.165) is 48.1 Å². The highest BCUT2D eigenvalue weighted by atomic mass is 16.6. The number of nitrogens with zero attached hydrogens (tertiary/aromatic N) is 1. The van der Waals surface area contributed by atoms with Gasteiger partial charge in [0.15, 0.2) is 0 Å². The Hall–Kier alpha value is -3.64. The fourth-order valence-electron chi connectivity index (χ4n) is 5.17. The summed E-state index contributed by atoms with van der Waals surface area (Å²) >= 11 is 0. The van der Waals surface area contributed by atoms with Gasteiger partial charge in [0.25, 0.3) is 11.5 Å². The van der Waals surface area contributed by atoms with Crippen LogP contribution in [-0.2, 0) is 11.3 Å². The number of aryl methyl sites for hydroxylation is 2. The van der Waals surface area contributed by atoms with Crippen molar-refractivity contribution in [2.75, 3.05) is 0 Å². The molecule has 9 heteroatoms. The second-order valence-corrected chi connectivity index (χ2v) is 11.6. The third-order valence-electron chi connectivity index (χ3n) is 7.14. The van der Waals surface area contributed by atoms with Gasteiger partial charge in [0, 0.05) is 41.5 Å². The van der Waals surface area contributed by atoms with E-state index >= 15 is 0 Å². The number of aromatic nitrogens is 1. The van der Waals surface area contributed by atoms with Gasteiger partial charge in [0.1, 0.15) is 5.60 Å².